The van der Waals surface area contributed by atoms with Crippen molar-refractivity contribution >= 4 is 11.8 Å². The highest BCUT2D eigenvalue weighted by Gasteiger charge is 2.27. The van der Waals surface area contributed by atoms with Crippen LogP contribution in [0, 0.1) is 0 Å². The van der Waals surface area contributed by atoms with Gasteiger partial charge in [0.15, 0.2) is 0 Å². The average Bonchev–Trinajstić information content (AvgIpc) is 2.86. The molecule has 3 aromatic carbocycles. The predicted octanol–water partition coefficient (Wildman–Crippen LogP) is 4.68. The van der Waals surface area contributed by atoms with Gasteiger partial charge in [-0.25, -0.2) is 0 Å². The molecule has 1 atom stereocenters. The molecule has 1 aliphatic heterocycles. The molecule has 0 aliphatic carbocycles. The molecule has 0 fully saturated rings. The highest BCUT2D eigenvalue weighted by molar-refractivity contribution is 5.97. The molecule has 0 saturated heterocycles. The van der Waals surface area contributed by atoms with Gasteiger partial charge in [-0.1, -0.05) is 60.7 Å². The van der Waals surface area contributed by atoms with E-state index in [2.05, 4.69) is 12.1 Å². The van der Waals surface area contributed by atoms with E-state index < -0.39 is 0 Å². The van der Waals surface area contributed by atoms with Crippen LogP contribution in [0.4, 0.5) is 0 Å². The maximum atomic E-state index is 13.6. The first-order valence-electron chi connectivity index (χ1n) is 11.5. The van der Waals surface area contributed by atoms with Crippen LogP contribution in [0.3, 0.4) is 0 Å². The maximum absolute atomic E-state index is 13.6. The predicted molar refractivity (Wildman–Crippen MR) is 130 cm³/mol. The van der Waals surface area contributed by atoms with Crippen molar-refractivity contribution in [2.45, 2.75) is 25.3 Å². The highest BCUT2D eigenvalue weighted by Crippen LogP contribution is 2.23. The average molecular weight is 443 g/mol. The molecule has 0 radical (unpaired) electrons. The largest absolute Gasteiger partial charge is 0.491 e. The number of carbonyl (C=O) groups excluding carboxylic acids is 2. The Kier molecular flexibility index (Phi) is 7.40. The molecule has 33 heavy (non-hydrogen) atoms. The van der Waals surface area contributed by atoms with Gasteiger partial charge in [0.05, 0.1) is 11.6 Å². The van der Waals surface area contributed by atoms with Gasteiger partial charge in [-0.05, 0) is 49.1 Å². The fourth-order valence-corrected chi connectivity index (χ4v) is 4.24. The lowest BCUT2D eigenvalue weighted by molar-refractivity contribution is 0.0590. The van der Waals surface area contributed by atoms with Gasteiger partial charge in [-0.2, -0.15) is 0 Å². The fourth-order valence-electron chi connectivity index (χ4n) is 4.24. The summed E-state index contributed by atoms with van der Waals surface area (Å²) < 4.78 is 6.24. The molecule has 5 nitrogen and oxygen atoms in total. The summed E-state index contributed by atoms with van der Waals surface area (Å²) in [6.45, 7) is 1.55. The number of carbonyl (C=O) groups is 2. The summed E-state index contributed by atoms with van der Waals surface area (Å²) >= 11 is 0. The number of hydrogen-bond acceptors (Lipinski definition) is 3. The van der Waals surface area contributed by atoms with E-state index in [1.807, 2.05) is 78.7 Å². The molecule has 1 heterocycles. The lowest BCUT2D eigenvalue weighted by Gasteiger charge is -2.33. The van der Waals surface area contributed by atoms with Crippen LogP contribution in [0.25, 0.3) is 0 Å². The van der Waals surface area contributed by atoms with E-state index in [0.717, 1.165) is 18.4 Å². The molecule has 3 aromatic rings. The SMILES string of the molecule is CN1CCCCN(C(=O)c2ccccc2)[C@@H](Cc2ccccc2)COc2ccccc2C1=O. The lowest BCUT2D eigenvalue weighted by atomic mass is 10.0. The molecule has 4 rings (SSSR count). The van der Waals surface area contributed by atoms with Crippen LogP contribution in [0.5, 0.6) is 5.75 Å². The second kappa shape index (κ2) is 10.8. The lowest BCUT2D eigenvalue weighted by Crippen LogP contribution is -2.46. The summed E-state index contributed by atoms with van der Waals surface area (Å²) in [6.07, 6.45) is 2.31. The van der Waals surface area contributed by atoms with Crippen molar-refractivity contribution < 1.29 is 14.3 Å². The Morgan fingerprint density at radius 2 is 1.52 bits per heavy atom. The Morgan fingerprint density at radius 3 is 2.27 bits per heavy atom. The van der Waals surface area contributed by atoms with Crippen LogP contribution in [-0.4, -0.2) is 54.4 Å². The second-order valence-electron chi connectivity index (χ2n) is 8.45. The molecular formula is C28H30N2O3. The highest BCUT2D eigenvalue weighted by atomic mass is 16.5. The van der Waals surface area contributed by atoms with E-state index in [4.69, 9.17) is 4.74 Å². The van der Waals surface area contributed by atoms with Crippen LogP contribution in [0.1, 0.15) is 39.1 Å². The second-order valence-corrected chi connectivity index (χ2v) is 8.45. The van der Waals surface area contributed by atoms with Gasteiger partial charge in [0, 0.05) is 25.7 Å². The number of ether oxygens (including phenoxy) is 1. The first-order valence-corrected chi connectivity index (χ1v) is 11.5. The van der Waals surface area contributed by atoms with Crippen molar-refractivity contribution in [2.24, 2.45) is 0 Å². The summed E-state index contributed by atoms with van der Waals surface area (Å²) in [7, 11) is 1.82. The minimum absolute atomic E-state index is 0.00917. The van der Waals surface area contributed by atoms with Gasteiger partial charge in [-0.3, -0.25) is 9.59 Å². The monoisotopic (exact) mass is 442 g/mol. The Hall–Kier alpha value is -3.60. The zero-order valence-electron chi connectivity index (χ0n) is 19.0. The van der Waals surface area contributed by atoms with E-state index in [1.165, 1.54) is 0 Å². The zero-order valence-corrected chi connectivity index (χ0v) is 19.0. The Balaban J connectivity index is 1.68. The Bertz CT molecular complexity index is 1070. The van der Waals surface area contributed by atoms with Crippen molar-refractivity contribution in [3.8, 4) is 5.75 Å². The molecule has 0 spiro atoms. The number of hydrogen-bond donors (Lipinski definition) is 0. The number of fused-ring (bicyclic) bond motifs is 1. The van der Waals surface area contributed by atoms with Crippen LogP contribution in [0.15, 0.2) is 84.9 Å². The third-order valence-electron chi connectivity index (χ3n) is 6.07. The van der Waals surface area contributed by atoms with Gasteiger partial charge in [0.1, 0.15) is 12.4 Å². The van der Waals surface area contributed by atoms with Crippen molar-refractivity contribution in [1.29, 1.82) is 0 Å². The Labute approximate surface area is 195 Å². The summed E-state index contributed by atoms with van der Waals surface area (Å²) in [6, 6.07) is 26.8. The van der Waals surface area contributed by atoms with E-state index in [0.29, 0.717) is 43.0 Å². The smallest absolute Gasteiger partial charge is 0.257 e. The number of nitrogens with zero attached hydrogens (tertiary/aromatic N) is 2. The maximum Gasteiger partial charge on any atom is 0.257 e. The van der Waals surface area contributed by atoms with Gasteiger partial charge in [-0.15, -0.1) is 0 Å². The van der Waals surface area contributed by atoms with Crippen molar-refractivity contribution in [3.63, 3.8) is 0 Å². The molecule has 5 heteroatoms. The van der Waals surface area contributed by atoms with E-state index in [1.54, 1.807) is 11.0 Å². The Morgan fingerprint density at radius 1 is 0.879 bits per heavy atom. The minimum atomic E-state index is -0.166. The van der Waals surface area contributed by atoms with Crippen LogP contribution in [0.2, 0.25) is 0 Å². The van der Waals surface area contributed by atoms with Crippen molar-refractivity contribution in [1.82, 2.24) is 9.80 Å². The van der Waals surface area contributed by atoms with Crippen LogP contribution >= 0.6 is 0 Å². The summed E-state index contributed by atoms with van der Waals surface area (Å²) in [5.74, 6) is 0.526. The first kappa shape index (κ1) is 22.6. The van der Waals surface area contributed by atoms with E-state index in [-0.39, 0.29) is 17.9 Å². The molecule has 0 N–H and O–H groups in total. The van der Waals surface area contributed by atoms with Gasteiger partial charge >= 0.3 is 0 Å². The van der Waals surface area contributed by atoms with E-state index >= 15 is 0 Å². The number of amides is 2. The van der Waals surface area contributed by atoms with Crippen LogP contribution < -0.4 is 4.74 Å². The molecule has 2 amide bonds. The third kappa shape index (κ3) is 5.61. The van der Waals surface area contributed by atoms with Crippen LogP contribution in [-0.2, 0) is 6.42 Å². The molecule has 0 aromatic heterocycles. The number of rotatable bonds is 3. The standard InChI is InChI=1S/C28H30N2O3/c1-29-18-10-11-19-30(27(31)23-14-6-3-7-15-23)24(20-22-12-4-2-5-13-22)21-33-26-17-9-8-16-25(26)28(29)32/h2-9,12-17,24H,10-11,18-21H2,1H3/t24-/m0/s1. The number of para-hydroxylation sites is 1. The first-order chi connectivity index (χ1) is 16.1. The molecule has 0 unspecified atom stereocenters. The topological polar surface area (TPSA) is 49.9 Å². The quantitative estimate of drug-likeness (QED) is 0.592. The minimum Gasteiger partial charge on any atom is -0.491 e. The summed E-state index contributed by atoms with van der Waals surface area (Å²) in [4.78, 5) is 30.2. The molecule has 0 bridgehead atoms. The summed E-state index contributed by atoms with van der Waals surface area (Å²) in [5, 5.41) is 0. The fraction of sp³-hybridized carbons (Fsp3) is 0.286. The summed E-state index contributed by atoms with van der Waals surface area (Å²) in [5.41, 5.74) is 2.38. The third-order valence-corrected chi connectivity index (χ3v) is 6.07. The van der Waals surface area contributed by atoms with Crippen molar-refractivity contribution in [2.75, 3.05) is 26.7 Å². The molecule has 170 valence electrons. The normalized spacial score (nSPS) is 17.4. The van der Waals surface area contributed by atoms with E-state index in [9.17, 15) is 9.59 Å². The van der Waals surface area contributed by atoms with Gasteiger partial charge < -0.3 is 14.5 Å². The molecule has 0 saturated carbocycles. The van der Waals surface area contributed by atoms with Gasteiger partial charge in [0.25, 0.3) is 11.8 Å². The zero-order chi connectivity index (χ0) is 23.0. The number of benzene rings is 3. The van der Waals surface area contributed by atoms with Crippen molar-refractivity contribution in [3.05, 3.63) is 102 Å². The van der Waals surface area contributed by atoms with Gasteiger partial charge in [0.2, 0.25) is 0 Å². The molecule has 1 aliphatic rings. The molecular weight excluding hydrogens is 412 g/mol.